The van der Waals surface area contributed by atoms with Crippen molar-refractivity contribution < 1.29 is 23.1 Å². The van der Waals surface area contributed by atoms with Crippen LogP contribution < -0.4 is 5.56 Å². The maximum absolute atomic E-state index is 11.9. The Morgan fingerprint density at radius 1 is 1.47 bits per heavy atom. The number of hydrogen-bond donors (Lipinski definition) is 2. The zero-order valence-electron chi connectivity index (χ0n) is 8.54. The number of rotatable bonds is 3. The van der Waals surface area contributed by atoms with Crippen molar-refractivity contribution in [2.24, 2.45) is 0 Å². The van der Waals surface area contributed by atoms with Crippen LogP contribution in [0.1, 0.15) is 10.4 Å². The molecule has 0 spiro atoms. The lowest BCUT2D eigenvalue weighted by Gasteiger charge is -2.25. The van der Waals surface area contributed by atoms with Crippen molar-refractivity contribution in [3.63, 3.8) is 0 Å². The molecule has 8 heteroatoms. The van der Waals surface area contributed by atoms with Crippen LogP contribution in [0.3, 0.4) is 0 Å². The fourth-order valence-corrected chi connectivity index (χ4v) is 2.81. The summed E-state index contributed by atoms with van der Waals surface area (Å²) in [5, 5.41) is 8.05. The second-order valence-electron chi connectivity index (χ2n) is 3.59. The van der Waals surface area contributed by atoms with Crippen LogP contribution in [-0.4, -0.2) is 42.9 Å². The number of hydrogen-bond acceptors (Lipinski definition) is 5. The molecule has 2 heterocycles. The number of carboxylic acids is 1. The molecule has 2 N–H and O–H groups in total. The lowest BCUT2D eigenvalue weighted by atomic mass is 10.3. The molecule has 0 amide bonds. The molecule has 0 saturated carbocycles. The van der Waals surface area contributed by atoms with Gasteiger partial charge in [-0.3, -0.25) is 4.79 Å². The second kappa shape index (κ2) is 3.97. The average Bonchev–Trinajstić information content (AvgIpc) is 2.13. The number of sulfone groups is 1. The van der Waals surface area contributed by atoms with Gasteiger partial charge in [-0.15, -0.1) is 0 Å². The zero-order chi connectivity index (χ0) is 12.6. The van der Waals surface area contributed by atoms with E-state index in [1.54, 1.807) is 0 Å². The van der Waals surface area contributed by atoms with Crippen molar-refractivity contribution in [3.05, 3.63) is 28.2 Å². The zero-order valence-corrected chi connectivity index (χ0v) is 9.36. The molecule has 0 bridgehead atoms. The Morgan fingerprint density at radius 3 is 2.59 bits per heavy atom. The first-order chi connectivity index (χ1) is 7.93. The first kappa shape index (κ1) is 11.8. The van der Waals surface area contributed by atoms with Crippen LogP contribution in [0.5, 0.6) is 0 Å². The standard InChI is InChI=1S/C9H9NO6S/c11-8-7(9(12)13)1-5(2-10-8)17(14,15)6-3-16-4-6/h1-2,6H,3-4H2,(H,10,11)(H,12,13). The predicted octanol–water partition coefficient (Wildman–Crippen LogP) is -0.754. The third kappa shape index (κ3) is 1.96. The Labute approximate surface area is 96.0 Å². The summed E-state index contributed by atoms with van der Waals surface area (Å²) in [5.41, 5.74) is -1.42. The number of nitrogens with one attached hydrogen (secondary N) is 1. The maximum Gasteiger partial charge on any atom is 0.341 e. The van der Waals surface area contributed by atoms with Crippen molar-refractivity contribution in [1.82, 2.24) is 4.98 Å². The molecule has 1 saturated heterocycles. The smallest absolute Gasteiger partial charge is 0.341 e. The topological polar surface area (TPSA) is 114 Å². The average molecular weight is 259 g/mol. The quantitative estimate of drug-likeness (QED) is 0.738. The van der Waals surface area contributed by atoms with Gasteiger partial charge >= 0.3 is 5.97 Å². The number of carboxylic acid groups (broad SMARTS) is 1. The minimum absolute atomic E-state index is 0.0872. The fraction of sp³-hybridized carbons (Fsp3) is 0.333. The van der Waals surface area contributed by atoms with Gasteiger partial charge in [0.2, 0.25) is 0 Å². The lowest BCUT2D eigenvalue weighted by molar-refractivity contribution is 0.0416. The van der Waals surface area contributed by atoms with E-state index in [9.17, 15) is 18.0 Å². The number of pyridine rings is 1. The van der Waals surface area contributed by atoms with E-state index in [2.05, 4.69) is 4.98 Å². The Morgan fingerprint density at radius 2 is 2.12 bits per heavy atom. The van der Waals surface area contributed by atoms with Crippen LogP contribution in [0.4, 0.5) is 0 Å². The molecule has 0 radical (unpaired) electrons. The van der Waals surface area contributed by atoms with Crippen LogP contribution in [0.25, 0.3) is 0 Å². The first-order valence-electron chi connectivity index (χ1n) is 4.70. The highest BCUT2D eigenvalue weighted by Gasteiger charge is 2.34. The van der Waals surface area contributed by atoms with E-state index in [1.807, 2.05) is 0 Å². The van der Waals surface area contributed by atoms with Gasteiger partial charge in [-0.1, -0.05) is 0 Å². The molecule has 1 fully saturated rings. The molecule has 0 unspecified atom stereocenters. The van der Waals surface area contributed by atoms with E-state index in [-0.39, 0.29) is 18.1 Å². The minimum atomic E-state index is -3.63. The summed E-state index contributed by atoms with van der Waals surface area (Å²) < 4.78 is 28.6. The highest BCUT2D eigenvalue weighted by atomic mass is 32.2. The van der Waals surface area contributed by atoms with Crippen LogP contribution in [0.15, 0.2) is 22.0 Å². The Bertz CT molecular complexity index is 613. The van der Waals surface area contributed by atoms with Gasteiger partial charge in [0.25, 0.3) is 5.56 Å². The van der Waals surface area contributed by atoms with Gasteiger partial charge in [0.15, 0.2) is 9.84 Å². The Kier molecular flexibility index (Phi) is 2.76. The van der Waals surface area contributed by atoms with Crippen LogP contribution in [-0.2, 0) is 14.6 Å². The summed E-state index contributed by atoms with van der Waals surface area (Å²) in [6.45, 7) is 0.174. The summed E-state index contributed by atoms with van der Waals surface area (Å²) in [6, 6.07) is 0.870. The highest BCUT2D eigenvalue weighted by Crippen LogP contribution is 2.20. The molecular formula is C9H9NO6S. The van der Waals surface area contributed by atoms with Gasteiger partial charge in [0.1, 0.15) is 10.8 Å². The highest BCUT2D eigenvalue weighted by molar-refractivity contribution is 7.92. The normalized spacial score (nSPS) is 16.5. The third-order valence-electron chi connectivity index (χ3n) is 2.48. The number of H-pyrrole nitrogens is 1. The number of aromatic amines is 1. The molecule has 17 heavy (non-hydrogen) atoms. The molecule has 0 aliphatic carbocycles. The summed E-state index contributed by atoms with van der Waals surface area (Å²) in [6.07, 6.45) is 1.00. The predicted molar refractivity (Wildman–Crippen MR) is 55.8 cm³/mol. The SMILES string of the molecule is O=C(O)c1cc(S(=O)(=O)C2COC2)c[nH]c1=O. The van der Waals surface area contributed by atoms with Gasteiger partial charge in [-0.25, -0.2) is 13.2 Å². The van der Waals surface area contributed by atoms with E-state index in [1.165, 1.54) is 0 Å². The molecule has 92 valence electrons. The third-order valence-corrected chi connectivity index (χ3v) is 4.52. The number of carbonyl (C=O) groups is 1. The summed E-state index contributed by atoms with van der Waals surface area (Å²) in [5.74, 6) is -1.46. The van der Waals surface area contributed by atoms with Crippen molar-refractivity contribution in [2.45, 2.75) is 10.1 Å². The summed E-state index contributed by atoms with van der Waals surface area (Å²) >= 11 is 0. The van der Waals surface area contributed by atoms with Gasteiger partial charge < -0.3 is 14.8 Å². The number of aromatic nitrogens is 1. The van der Waals surface area contributed by atoms with E-state index in [0.717, 1.165) is 12.3 Å². The van der Waals surface area contributed by atoms with Crippen molar-refractivity contribution in [3.8, 4) is 0 Å². The largest absolute Gasteiger partial charge is 0.477 e. The summed E-state index contributed by atoms with van der Waals surface area (Å²) in [4.78, 5) is 23.7. The van der Waals surface area contributed by atoms with E-state index < -0.39 is 32.2 Å². The van der Waals surface area contributed by atoms with E-state index in [0.29, 0.717) is 0 Å². The summed E-state index contributed by atoms with van der Waals surface area (Å²) in [7, 11) is -3.63. The monoisotopic (exact) mass is 259 g/mol. The molecule has 7 nitrogen and oxygen atoms in total. The molecule has 1 aromatic rings. The Balaban J connectivity index is 2.50. The van der Waals surface area contributed by atoms with Gasteiger partial charge in [-0.05, 0) is 6.07 Å². The molecule has 2 rings (SSSR count). The van der Waals surface area contributed by atoms with Crippen LogP contribution in [0, 0.1) is 0 Å². The van der Waals surface area contributed by atoms with Crippen molar-refractivity contribution >= 4 is 15.8 Å². The van der Waals surface area contributed by atoms with Gasteiger partial charge in [0, 0.05) is 6.20 Å². The fourth-order valence-electron chi connectivity index (χ4n) is 1.37. The lowest BCUT2D eigenvalue weighted by Crippen LogP contribution is -2.41. The van der Waals surface area contributed by atoms with Crippen molar-refractivity contribution in [2.75, 3.05) is 13.2 Å². The van der Waals surface area contributed by atoms with Crippen LogP contribution in [0.2, 0.25) is 0 Å². The van der Waals surface area contributed by atoms with E-state index in [4.69, 9.17) is 9.84 Å². The van der Waals surface area contributed by atoms with E-state index >= 15 is 0 Å². The molecule has 0 aromatic carbocycles. The minimum Gasteiger partial charge on any atom is -0.477 e. The number of aromatic carboxylic acids is 1. The number of ether oxygens (including phenoxy) is 1. The Hall–Kier alpha value is -1.67. The molecule has 1 aliphatic heterocycles. The molecular weight excluding hydrogens is 250 g/mol. The van der Waals surface area contributed by atoms with Crippen molar-refractivity contribution in [1.29, 1.82) is 0 Å². The second-order valence-corrected chi connectivity index (χ2v) is 5.82. The maximum atomic E-state index is 11.9. The van der Waals surface area contributed by atoms with Gasteiger partial charge in [-0.2, -0.15) is 0 Å². The molecule has 0 atom stereocenters. The first-order valence-corrected chi connectivity index (χ1v) is 6.25. The molecule has 1 aliphatic rings. The van der Waals surface area contributed by atoms with Gasteiger partial charge in [0.05, 0.1) is 18.1 Å². The van der Waals surface area contributed by atoms with Crippen LogP contribution >= 0.6 is 0 Å². The molecule has 1 aromatic heterocycles.